The van der Waals surface area contributed by atoms with Gasteiger partial charge in [0.25, 0.3) is 5.91 Å². The summed E-state index contributed by atoms with van der Waals surface area (Å²) in [6.07, 6.45) is 1.33. The summed E-state index contributed by atoms with van der Waals surface area (Å²) in [6, 6.07) is 9.83. The number of rotatable bonds is 4. The predicted octanol–water partition coefficient (Wildman–Crippen LogP) is 3.64. The molecule has 0 saturated heterocycles. The summed E-state index contributed by atoms with van der Waals surface area (Å²) in [4.78, 5) is 23.1. The van der Waals surface area contributed by atoms with Crippen LogP contribution in [0.25, 0.3) is 0 Å². The summed E-state index contributed by atoms with van der Waals surface area (Å²) >= 11 is 6.53. The van der Waals surface area contributed by atoms with E-state index < -0.39 is 5.91 Å². The molecular weight excluding hydrogens is 442 g/mol. The Morgan fingerprint density at radius 3 is 2.67 bits per heavy atom. The molecule has 0 unspecified atom stereocenters. The highest BCUT2D eigenvalue weighted by Crippen LogP contribution is 2.30. The maximum atomic E-state index is 12.1. The first-order chi connectivity index (χ1) is 11.4. The van der Waals surface area contributed by atoms with Gasteiger partial charge in [0, 0.05) is 28.2 Å². The van der Waals surface area contributed by atoms with Crippen molar-refractivity contribution in [2.45, 2.75) is 6.92 Å². The average Bonchev–Trinajstić information content (AvgIpc) is 2.51. The molecule has 0 saturated carbocycles. The number of nitrogens with one attached hydrogen (secondary N) is 2. The maximum absolute atomic E-state index is 12.1. The zero-order chi connectivity index (χ0) is 17.7. The van der Waals surface area contributed by atoms with Gasteiger partial charge < -0.3 is 10.4 Å². The molecule has 0 atom stereocenters. The number of phenolic OH excluding ortho intramolecular Hbond substituents is 1. The lowest BCUT2D eigenvalue weighted by Crippen LogP contribution is -2.18. The molecule has 0 aliphatic heterocycles. The van der Waals surface area contributed by atoms with Crippen molar-refractivity contribution in [1.82, 2.24) is 5.43 Å². The Bertz CT molecular complexity index is 822. The first kappa shape index (κ1) is 18.2. The Balaban J connectivity index is 2.09. The molecule has 0 aliphatic carbocycles. The van der Waals surface area contributed by atoms with E-state index in [0.717, 1.165) is 4.47 Å². The van der Waals surface area contributed by atoms with Crippen LogP contribution in [-0.2, 0) is 4.79 Å². The Hall–Kier alpha value is -2.19. The van der Waals surface area contributed by atoms with E-state index in [1.165, 1.54) is 13.1 Å². The van der Waals surface area contributed by atoms with E-state index in [9.17, 15) is 14.7 Å². The minimum absolute atomic E-state index is 0.0175. The number of carbonyl (C=O) groups excluding carboxylic acids is 2. The first-order valence-corrected chi connectivity index (χ1v) is 8.34. The van der Waals surface area contributed by atoms with Crippen LogP contribution in [0.4, 0.5) is 5.69 Å². The van der Waals surface area contributed by atoms with Gasteiger partial charge in [-0.2, -0.15) is 5.10 Å². The van der Waals surface area contributed by atoms with Crippen molar-refractivity contribution < 1.29 is 14.7 Å². The van der Waals surface area contributed by atoms with Gasteiger partial charge in [-0.3, -0.25) is 9.59 Å². The van der Waals surface area contributed by atoms with Crippen LogP contribution >= 0.6 is 31.9 Å². The first-order valence-electron chi connectivity index (χ1n) is 6.76. The third-order valence-electron chi connectivity index (χ3n) is 2.87. The van der Waals surface area contributed by atoms with E-state index in [-0.39, 0.29) is 11.7 Å². The Morgan fingerprint density at radius 1 is 1.21 bits per heavy atom. The second-order valence-corrected chi connectivity index (χ2v) is 6.56. The topological polar surface area (TPSA) is 90.8 Å². The lowest BCUT2D eigenvalue weighted by atomic mass is 10.2. The molecule has 0 aromatic heterocycles. The molecule has 2 aromatic rings. The van der Waals surface area contributed by atoms with Crippen LogP contribution < -0.4 is 10.7 Å². The van der Waals surface area contributed by atoms with Crippen LogP contribution in [0, 0.1) is 0 Å². The van der Waals surface area contributed by atoms with Gasteiger partial charge in [0.15, 0.2) is 0 Å². The maximum Gasteiger partial charge on any atom is 0.271 e. The predicted molar refractivity (Wildman–Crippen MR) is 99.3 cm³/mol. The normalized spacial score (nSPS) is 10.6. The lowest BCUT2D eigenvalue weighted by molar-refractivity contribution is -0.114. The second-order valence-electron chi connectivity index (χ2n) is 4.79. The molecule has 0 heterocycles. The molecule has 0 spiro atoms. The highest BCUT2D eigenvalue weighted by atomic mass is 79.9. The fourth-order valence-electron chi connectivity index (χ4n) is 1.85. The van der Waals surface area contributed by atoms with Crippen LogP contribution in [0.15, 0.2) is 50.4 Å². The van der Waals surface area contributed by atoms with Crippen LogP contribution in [-0.4, -0.2) is 23.1 Å². The van der Waals surface area contributed by atoms with Crippen molar-refractivity contribution in [3.8, 4) is 5.75 Å². The monoisotopic (exact) mass is 453 g/mol. The molecule has 24 heavy (non-hydrogen) atoms. The fourth-order valence-corrected chi connectivity index (χ4v) is 3.11. The average molecular weight is 455 g/mol. The number of carbonyl (C=O) groups is 2. The fraction of sp³-hybridized carbons (Fsp3) is 0.0625. The molecule has 8 heteroatoms. The molecule has 2 amide bonds. The number of hydrogen-bond donors (Lipinski definition) is 3. The molecule has 124 valence electrons. The Kier molecular flexibility index (Phi) is 6.10. The number of halogens is 2. The number of anilines is 1. The van der Waals surface area contributed by atoms with E-state index in [1.807, 2.05) is 0 Å². The number of aromatic hydroxyl groups is 1. The van der Waals surface area contributed by atoms with Crippen LogP contribution in [0.1, 0.15) is 22.8 Å². The molecule has 0 fully saturated rings. The zero-order valence-corrected chi connectivity index (χ0v) is 15.7. The highest BCUT2D eigenvalue weighted by molar-refractivity contribution is 9.11. The minimum atomic E-state index is -0.438. The summed E-state index contributed by atoms with van der Waals surface area (Å²) in [5.41, 5.74) is 3.67. The summed E-state index contributed by atoms with van der Waals surface area (Å²) in [7, 11) is 0. The minimum Gasteiger partial charge on any atom is -0.506 e. The van der Waals surface area contributed by atoms with E-state index in [0.29, 0.717) is 21.3 Å². The largest absolute Gasteiger partial charge is 0.506 e. The quantitative estimate of drug-likeness (QED) is 0.486. The van der Waals surface area contributed by atoms with Gasteiger partial charge in [-0.1, -0.05) is 22.0 Å². The molecule has 6 nitrogen and oxygen atoms in total. The molecule has 0 aliphatic rings. The van der Waals surface area contributed by atoms with Crippen molar-refractivity contribution in [2.24, 2.45) is 5.10 Å². The van der Waals surface area contributed by atoms with Crippen LogP contribution in [0.2, 0.25) is 0 Å². The summed E-state index contributed by atoms with van der Waals surface area (Å²) in [5, 5.41) is 16.4. The molecule has 0 radical (unpaired) electrons. The van der Waals surface area contributed by atoms with E-state index in [1.54, 1.807) is 36.4 Å². The number of benzene rings is 2. The van der Waals surface area contributed by atoms with Crippen molar-refractivity contribution >= 4 is 55.6 Å². The van der Waals surface area contributed by atoms with Gasteiger partial charge in [-0.25, -0.2) is 5.43 Å². The van der Waals surface area contributed by atoms with Gasteiger partial charge in [0.1, 0.15) is 5.75 Å². The number of hydrazone groups is 1. The third-order valence-corrected chi connectivity index (χ3v) is 3.93. The van der Waals surface area contributed by atoms with Crippen LogP contribution in [0.3, 0.4) is 0 Å². The van der Waals surface area contributed by atoms with Crippen molar-refractivity contribution in [3.63, 3.8) is 0 Å². The van der Waals surface area contributed by atoms with Gasteiger partial charge >= 0.3 is 0 Å². The zero-order valence-electron chi connectivity index (χ0n) is 12.5. The molecule has 2 rings (SSSR count). The number of phenols is 1. The molecule has 0 bridgehead atoms. The molecule has 3 N–H and O–H groups in total. The summed E-state index contributed by atoms with van der Waals surface area (Å²) < 4.78 is 1.26. The number of hydrogen-bond acceptors (Lipinski definition) is 4. The SMILES string of the molecule is CC(=O)Nc1cccc(C(=O)NN=Cc2cc(Br)cc(Br)c2O)c1. The number of amides is 2. The van der Waals surface area contributed by atoms with E-state index in [4.69, 9.17) is 0 Å². The van der Waals surface area contributed by atoms with Gasteiger partial charge in [0.05, 0.1) is 10.7 Å². The van der Waals surface area contributed by atoms with Gasteiger partial charge in [-0.15, -0.1) is 0 Å². The highest BCUT2D eigenvalue weighted by Gasteiger charge is 2.07. The number of nitrogens with zero attached hydrogens (tertiary/aromatic N) is 1. The standard InChI is InChI=1S/C16H13Br2N3O3/c1-9(22)20-13-4-2-3-10(6-13)16(24)21-19-8-11-5-12(17)7-14(18)15(11)23/h2-8,23H,1H3,(H,20,22)(H,21,24). The van der Waals surface area contributed by atoms with Crippen molar-refractivity contribution in [3.05, 3.63) is 56.5 Å². The summed E-state index contributed by atoms with van der Waals surface area (Å²) in [5.74, 6) is -0.642. The van der Waals surface area contributed by atoms with Crippen LogP contribution in [0.5, 0.6) is 5.75 Å². The van der Waals surface area contributed by atoms with Gasteiger partial charge in [-0.05, 0) is 46.3 Å². The summed E-state index contributed by atoms with van der Waals surface area (Å²) in [6.45, 7) is 1.39. The molecular formula is C16H13Br2N3O3. The lowest BCUT2D eigenvalue weighted by Gasteiger charge is -2.05. The third kappa shape index (κ3) is 4.90. The second kappa shape index (κ2) is 8.07. The van der Waals surface area contributed by atoms with E-state index >= 15 is 0 Å². The van der Waals surface area contributed by atoms with Crippen molar-refractivity contribution in [2.75, 3.05) is 5.32 Å². The Morgan fingerprint density at radius 2 is 1.96 bits per heavy atom. The Labute approximate surface area is 155 Å². The smallest absolute Gasteiger partial charge is 0.271 e. The van der Waals surface area contributed by atoms with Crippen molar-refractivity contribution in [1.29, 1.82) is 0 Å². The van der Waals surface area contributed by atoms with E-state index in [2.05, 4.69) is 47.7 Å². The molecule has 2 aromatic carbocycles. The van der Waals surface area contributed by atoms with Gasteiger partial charge in [0.2, 0.25) is 5.91 Å².